The molecule has 8 heteroatoms. The van der Waals surface area contributed by atoms with Gasteiger partial charge in [-0.3, -0.25) is 4.79 Å². The monoisotopic (exact) mass is 484 g/mol. The number of piperidine rings is 1. The van der Waals surface area contributed by atoms with Crippen molar-refractivity contribution in [1.29, 1.82) is 0 Å². The van der Waals surface area contributed by atoms with E-state index in [0.717, 1.165) is 28.7 Å². The first-order valence-corrected chi connectivity index (χ1v) is 13.3. The minimum atomic E-state index is -0.0313. The summed E-state index contributed by atoms with van der Waals surface area (Å²) in [6.45, 7) is 4.16. The zero-order chi connectivity index (χ0) is 22.2. The second kappa shape index (κ2) is 11.7. The summed E-state index contributed by atoms with van der Waals surface area (Å²) in [5.41, 5.74) is 2.79. The Kier molecular flexibility index (Phi) is 8.50. The van der Waals surface area contributed by atoms with Crippen LogP contribution in [0.5, 0.6) is 0 Å². The molecule has 32 heavy (non-hydrogen) atoms. The first-order valence-electron chi connectivity index (χ1n) is 11.1. The van der Waals surface area contributed by atoms with Gasteiger partial charge in [0.25, 0.3) is 5.91 Å². The maximum absolute atomic E-state index is 12.5. The molecule has 2 heterocycles. The molecule has 0 bridgehead atoms. The molecule has 0 spiro atoms. The normalized spacial score (nSPS) is 14.4. The summed E-state index contributed by atoms with van der Waals surface area (Å²) in [5.74, 6) is 0.830. The van der Waals surface area contributed by atoms with E-state index in [4.69, 9.17) is 12.2 Å². The average Bonchev–Trinajstić information content (AvgIpc) is 3.22. The molecule has 0 atom stereocenters. The lowest BCUT2D eigenvalue weighted by Gasteiger charge is -2.26. The molecule has 4 rings (SSSR count). The molecule has 0 unspecified atom stereocenters. The summed E-state index contributed by atoms with van der Waals surface area (Å²) in [6, 6.07) is 17.8. The lowest BCUT2D eigenvalue weighted by molar-refractivity contribution is 0.0951. The Labute approximate surface area is 202 Å². The van der Waals surface area contributed by atoms with Crippen LogP contribution in [0.4, 0.5) is 0 Å². The number of aromatic nitrogens is 2. The fraction of sp³-hybridized carbons (Fsp3) is 0.375. The second-order valence-electron chi connectivity index (χ2n) is 7.88. The van der Waals surface area contributed by atoms with Crippen LogP contribution in [0.15, 0.2) is 58.9 Å². The molecule has 168 valence electrons. The molecule has 1 aliphatic rings. The molecule has 1 aliphatic heterocycles. The molecule has 1 N–H and O–H groups in total. The van der Waals surface area contributed by atoms with Crippen molar-refractivity contribution in [3.8, 4) is 5.69 Å². The Hall–Kier alpha value is -2.00. The Balaban J connectivity index is 1.28. The van der Waals surface area contributed by atoms with Gasteiger partial charge in [-0.15, -0.1) is 5.10 Å². The smallest absolute Gasteiger partial charge is 0.251 e. The summed E-state index contributed by atoms with van der Waals surface area (Å²) in [6.07, 6.45) is 4.94. The summed E-state index contributed by atoms with van der Waals surface area (Å²) >= 11 is 8.71. The van der Waals surface area contributed by atoms with Crippen LogP contribution in [0.3, 0.4) is 0 Å². The minimum Gasteiger partial charge on any atom is -0.352 e. The van der Waals surface area contributed by atoms with Gasteiger partial charge in [0, 0.05) is 17.9 Å². The molecular formula is C24H28N4OS3. The van der Waals surface area contributed by atoms with Gasteiger partial charge in [-0.1, -0.05) is 59.9 Å². The van der Waals surface area contributed by atoms with E-state index in [9.17, 15) is 4.79 Å². The summed E-state index contributed by atoms with van der Waals surface area (Å²) < 4.78 is 3.41. The summed E-state index contributed by atoms with van der Waals surface area (Å²) in [4.78, 5) is 15.0. The van der Waals surface area contributed by atoms with Crippen LogP contribution in [0, 0.1) is 3.95 Å². The van der Waals surface area contributed by atoms with Crippen LogP contribution < -0.4 is 5.32 Å². The molecule has 3 aromatic rings. The number of thioether (sulfide) groups is 1. The van der Waals surface area contributed by atoms with Crippen molar-refractivity contribution in [1.82, 2.24) is 20.0 Å². The highest BCUT2D eigenvalue weighted by atomic mass is 32.2. The van der Waals surface area contributed by atoms with Gasteiger partial charge in [-0.05, 0) is 80.9 Å². The minimum absolute atomic E-state index is 0.0313. The molecule has 1 aromatic heterocycles. The molecule has 0 saturated carbocycles. The van der Waals surface area contributed by atoms with Gasteiger partial charge in [0.15, 0.2) is 8.29 Å². The Morgan fingerprint density at radius 3 is 2.56 bits per heavy atom. The van der Waals surface area contributed by atoms with Crippen LogP contribution in [-0.4, -0.2) is 46.8 Å². The largest absolute Gasteiger partial charge is 0.352 e. The SMILES string of the molecule is O=C(NCCCN1CCCCC1)c1ccc(-n2nc(SCc3ccccc3)sc2=S)cc1. The predicted octanol–water partition coefficient (Wildman–Crippen LogP) is 5.56. The van der Waals surface area contributed by atoms with E-state index < -0.39 is 0 Å². The Morgan fingerprint density at radius 1 is 1.06 bits per heavy atom. The van der Waals surface area contributed by atoms with Crippen molar-refractivity contribution in [3.05, 3.63) is 69.7 Å². The number of carbonyl (C=O) groups excluding carboxylic acids is 1. The topological polar surface area (TPSA) is 50.2 Å². The van der Waals surface area contributed by atoms with E-state index in [0.29, 0.717) is 16.1 Å². The van der Waals surface area contributed by atoms with Crippen LogP contribution in [-0.2, 0) is 5.75 Å². The van der Waals surface area contributed by atoms with E-state index in [1.807, 2.05) is 42.5 Å². The Bertz CT molecular complexity index is 1060. The van der Waals surface area contributed by atoms with Gasteiger partial charge in [-0.25, -0.2) is 4.68 Å². The molecular weight excluding hydrogens is 456 g/mol. The number of benzene rings is 2. The van der Waals surface area contributed by atoms with E-state index in [-0.39, 0.29) is 5.91 Å². The lowest BCUT2D eigenvalue weighted by atomic mass is 10.1. The van der Waals surface area contributed by atoms with Crippen LogP contribution in [0.25, 0.3) is 5.69 Å². The summed E-state index contributed by atoms with van der Waals surface area (Å²) in [5, 5.41) is 7.70. The molecule has 1 fully saturated rings. The van der Waals surface area contributed by atoms with E-state index >= 15 is 0 Å². The molecule has 0 aliphatic carbocycles. The fourth-order valence-corrected chi connectivity index (χ4v) is 6.06. The van der Waals surface area contributed by atoms with Gasteiger partial charge >= 0.3 is 0 Å². The van der Waals surface area contributed by atoms with E-state index in [1.165, 1.54) is 49.3 Å². The summed E-state index contributed by atoms with van der Waals surface area (Å²) in [7, 11) is 0. The number of rotatable bonds is 9. The van der Waals surface area contributed by atoms with Crippen LogP contribution in [0.1, 0.15) is 41.6 Å². The number of hydrogen-bond donors (Lipinski definition) is 1. The van der Waals surface area contributed by atoms with Crippen molar-refractivity contribution in [3.63, 3.8) is 0 Å². The molecule has 1 saturated heterocycles. The van der Waals surface area contributed by atoms with Crippen molar-refractivity contribution >= 4 is 41.2 Å². The number of nitrogens with zero attached hydrogens (tertiary/aromatic N) is 3. The molecule has 2 aromatic carbocycles. The maximum Gasteiger partial charge on any atom is 0.251 e. The predicted molar refractivity (Wildman–Crippen MR) is 136 cm³/mol. The van der Waals surface area contributed by atoms with E-state index in [2.05, 4.69) is 27.4 Å². The average molecular weight is 485 g/mol. The third kappa shape index (κ3) is 6.51. The number of nitrogens with one attached hydrogen (secondary N) is 1. The zero-order valence-electron chi connectivity index (χ0n) is 18.0. The standard InChI is InChI=1S/C24H28N4OS3/c29-22(25-14-7-17-27-15-5-2-6-16-27)20-10-12-21(13-11-20)28-24(30)32-23(26-28)31-18-19-8-3-1-4-9-19/h1,3-4,8-13H,2,5-7,14-18H2,(H,25,29). The number of likely N-dealkylation sites (tertiary alicyclic amines) is 1. The number of amides is 1. The zero-order valence-corrected chi connectivity index (χ0v) is 20.5. The highest BCUT2D eigenvalue weighted by Crippen LogP contribution is 2.27. The Morgan fingerprint density at radius 2 is 1.81 bits per heavy atom. The third-order valence-corrected chi connectivity index (χ3v) is 7.93. The molecule has 1 amide bonds. The molecule has 0 radical (unpaired) electrons. The van der Waals surface area contributed by atoms with Gasteiger partial charge in [0.1, 0.15) is 0 Å². The van der Waals surface area contributed by atoms with Crippen molar-refractivity contribution in [2.24, 2.45) is 0 Å². The van der Waals surface area contributed by atoms with Gasteiger partial charge < -0.3 is 10.2 Å². The van der Waals surface area contributed by atoms with Gasteiger partial charge in [-0.2, -0.15) is 0 Å². The first kappa shape index (κ1) is 23.2. The maximum atomic E-state index is 12.5. The van der Waals surface area contributed by atoms with Crippen molar-refractivity contribution < 1.29 is 4.79 Å². The number of carbonyl (C=O) groups is 1. The van der Waals surface area contributed by atoms with Crippen LogP contribution in [0.2, 0.25) is 0 Å². The second-order valence-corrected chi connectivity index (χ2v) is 10.7. The van der Waals surface area contributed by atoms with Crippen LogP contribution >= 0.6 is 35.3 Å². The quantitative estimate of drug-likeness (QED) is 0.245. The van der Waals surface area contributed by atoms with Crippen molar-refractivity contribution in [2.75, 3.05) is 26.2 Å². The van der Waals surface area contributed by atoms with Crippen molar-refractivity contribution in [2.45, 2.75) is 35.8 Å². The lowest BCUT2D eigenvalue weighted by Crippen LogP contribution is -2.33. The molecule has 5 nitrogen and oxygen atoms in total. The van der Waals surface area contributed by atoms with E-state index in [1.54, 1.807) is 16.4 Å². The third-order valence-electron chi connectivity index (χ3n) is 5.49. The first-order chi connectivity index (χ1) is 15.7. The van der Waals surface area contributed by atoms with Gasteiger partial charge in [0.05, 0.1) is 5.69 Å². The fourth-order valence-electron chi connectivity index (χ4n) is 3.75. The highest BCUT2D eigenvalue weighted by Gasteiger charge is 2.11. The number of hydrogen-bond acceptors (Lipinski definition) is 6. The highest BCUT2D eigenvalue weighted by molar-refractivity contribution is 8.00. The van der Waals surface area contributed by atoms with Gasteiger partial charge in [0.2, 0.25) is 0 Å².